The Labute approximate surface area is 188 Å². The van der Waals surface area contributed by atoms with Gasteiger partial charge in [0.05, 0.1) is 16.5 Å². The van der Waals surface area contributed by atoms with Crippen LogP contribution in [0.25, 0.3) is 27.3 Å². The number of halogens is 1. The third-order valence-electron chi connectivity index (χ3n) is 5.32. The largest absolute Gasteiger partial charge is 0.383 e. The molecule has 0 saturated heterocycles. The van der Waals surface area contributed by atoms with Crippen LogP contribution >= 0.6 is 11.6 Å². The molecule has 2 heterocycles. The number of amides is 1. The summed E-state index contributed by atoms with van der Waals surface area (Å²) in [6.07, 6.45) is 1.51. The second-order valence-electron chi connectivity index (χ2n) is 7.47. The summed E-state index contributed by atoms with van der Waals surface area (Å²) in [6, 6.07) is 22.6. The second-order valence-corrected chi connectivity index (χ2v) is 7.91. The van der Waals surface area contributed by atoms with Gasteiger partial charge in [-0.05, 0) is 53.2 Å². The topological polar surface area (TPSA) is 75.5 Å². The predicted molar refractivity (Wildman–Crippen MR) is 129 cm³/mol. The lowest BCUT2D eigenvalue weighted by atomic mass is 10.1. The lowest BCUT2D eigenvalue weighted by molar-refractivity contribution is 0.0954. The van der Waals surface area contributed by atoms with E-state index in [1.54, 1.807) is 30.3 Å². The van der Waals surface area contributed by atoms with Crippen molar-refractivity contribution in [1.29, 1.82) is 0 Å². The van der Waals surface area contributed by atoms with E-state index in [-0.39, 0.29) is 11.5 Å². The van der Waals surface area contributed by atoms with E-state index in [0.717, 1.165) is 11.1 Å². The molecule has 158 valence electrons. The minimum absolute atomic E-state index is 0.259. The fourth-order valence-corrected chi connectivity index (χ4v) is 3.87. The number of benzene rings is 3. The fraction of sp³-hybridized carbons (Fsp3) is 0.0800. The highest BCUT2D eigenvalue weighted by Gasteiger charge is 2.10. The van der Waals surface area contributed by atoms with Gasteiger partial charge in [0.15, 0.2) is 0 Å². The van der Waals surface area contributed by atoms with E-state index >= 15 is 0 Å². The third kappa shape index (κ3) is 3.88. The van der Waals surface area contributed by atoms with E-state index in [9.17, 15) is 9.59 Å². The first-order valence-corrected chi connectivity index (χ1v) is 10.6. The average Bonchev–Trinajstić information content (AvgIpc) is 2.82. The van der Waals surface area contributed by atoms with Crippen molar-refractivity contribution in [2.45, 2.75) is 0 Å². The molecule has 2 N–H and O–H groups in total. The van der Waals surface area contributed by atoms with Crippen LogP contribution in [-0.4, -0.2) is 28.4 Å². The van der Waals surface area contributed by atoms with Crippen LogP contribution in [0.1, 0.15) is 10.4 Å². The number of rotatable bonds is 5. The lowest BCUT2D eigenvalue weighted by Crippen LogP contribution is -2.29. The zero-order valence-corrected chi connectivity index (χ0v) is 17.8. The van der Waals surface area contributed by atoms with Crippen LogP contribution < -0.4 is 16.2 Å². The average molecular weight is 443 g/mol. The summed E-state index contributed by atoms with van der Waals surface area (Å²) in [6.45, 7) is 1.01. The summed E-state index contributed by atoms with van der Waals surface area (Å²) in [4.78, 5) is 29.9. The van der Waals surface area contributed by atoms with Gasteiger partial charge in [0.2, 0.25) is 0 Å². The number of pyridine rings is 1. The van der Waals surface area contributed by atoms with Gasteiger partial charge in [-0.25, -0.2) is 4.98 Å². The Hall–Kier alpha value is -3.90. The molecule has 0 unspecified atom stereocenters. The number of nitrogens with zero attached hydrogens (tertiary/aromatic N) is 2. The summed E-state index contributed by atoms with van der Waals surface area (Å²) in [5, 5.41) is 9.41. The minimum atomic E-state index is -0.264. The Bertz CT molecular complexity index is 1540. The van der Waals surface area contributed by atoms with Crippen molar-refractivity contribution in [3.05, 3.63) is 99.9 Å². The van der Waals surface area contributed by atoms with Gasteiger partial charge in [0.25, 0.3) is 11.5 Å². The SMILES string of the molecule is O=C(NCCNc1ccc2ccccc2c1)c1ccc2nc3ccc(Cl)cc3c(=O)n2c1. The standard InChI is InChI=1S/C25H19ClN4O2/c26-19-7-9-22-21(14-19)25(32)30-15-18(6-10-23(30)29-22)24(31)28-12-11-27-20-8-5-16-3-1-2-4-17(16)13-20/h1-10,13-15,27H,11-12H2,(H,28,31). The molecule has 0 saturated carbocycles. The maximum Gasteiger partial charge on any atom is 0.265 e. The highest BCUT2D eigenvalue weighted by molar-refractivity contribution is 6.31. The van der Waals surface area contributed by atoms with Crippen LogP contribution in [0.3, 0.4) is 0 Å². The normalized spacial score (nSPS) is 11.2. The minimum Gasteiger partial charge on any atom is -0.383 e. The van der Waals surface area contributed by atoms with Gasteiger partial charge >= 0.3 is 0 Å². The number of hydrogen-bond donors (Lipinski definition) is 2. The number of hydrogen-bond acceptors (Lipinski definition) is 4. The van der Waals surface area contributed by atoms with Crippen molar-refractivity contribution in [3.8, 4) is 0 Å². The number of aromatic nitrogens is 2. The Kier molecular flexibility index (Phi) is 5.21. The number of anilines is 1. The molecule has 6 nitrogen and oxygen atoms in total. The third-order valence-corrected chi connectivity index (χ3v) is 5.56. The molecule has 3 aromatic carbocycles. The molecule has 0 aliphatic heterocycles. The zero-order valence-electron chi connectivity index (χ0n) is 17.0. The van der Waals surface area contributed by atoms with Crippen molar-refractivity contribution in [2.75, 3.05) is 18.4 Å². The number of nitrogens with one attached hydrogen (secondary N) is 2. The van der Waals surface area contributed by atoms with Gasteiger partial charge in [0.1, 0.15) is 5.65 Å². The smallest absolute Gasteiger partial charge is 0.265 e. The molecule has 7 heteroatoms. The van der Waals surface area contributed by atoms with Gasteiger partial charge in [0, 0.05) is 30.0 Å². The van der Waals surface area contributed by atoms with Crippen LogP contribution in [0.4, 0.5) is 5.69 Å². The molecule has 0 bridgehead atoms. The first-order valence-electron chi connectivity index (χ1n) is 10.2. The highest BCUT2D eigenvalue weighted by atomic mass is 35.5. The molecule has 0 fully saturated rings. The van der Waals surface area contributed by atoms with Gasteiger partial charge in [-0.2, -0.15) is 0 Å². The van der Waals surface area contributed by atoms with Crippen LogP contribution in [0.15, 0.2) is 83.8 Å². The maximum absolute atomic E-state index is 12.8. The van der Waals surface area contributed by atoms with Gasteiger partial charge in [-0.15, -0.1) is 0 Å². The molecule has 1 amide bonds. The van der Waals surface area contributed by atoms with Crippen LogP contribution in [0.2, 0.25) is 5.02 Å². The number of carbonyl (C=O) groups is 1. The number of carbonyl (C=O) groups excluding carboxylic acids is 1. The second kappa shape index (κ2) is 8.32. The maximum atomic E-state index is 12.8. The molecule has 2 aromatic heterocycles. The van der Waals surface area contributed by atoms with Crippen molar-refractivity contribution in [2.24, 2.45) is 0 Å². The van der Waals surface area contributed by atoms with Crippen LogP contribution in [0.5, 0.6) is 0 Å². The first-order chi connectivity index (χ1) is 15.6. The summed E-state index contributed by atoms with van der Waals surface area (Å²) < 4.78 is 1.38. The van der Waals surface area contributed by atoms with Gasteiger partial charge in [-0.1, -0.05) is 41.9 Å². The van der Waals surface area contributed by atoms with E-state index in [4.69, 9.17) is 11.6 Å². The monoisotopic (exact) mass is 442 g/mol. The first kappa shape index (κ1) is 20.0. The molecular formula is C25H19ClN4O2. The van der Waals surface area contributed by atoms with E-state index in [1.807, 2.05) is 18.2 Å². The molecule has 32 heavy (non-hydrogen) atoms. The van der Waals surface area contributed by atoms with Crippen LogP contribution in [0, 0.1) is 0 Å². The van der Waals surface area contributed by atoms with E-state index < -0.39 is 0 Å². The number of fused-ring (bicyclic) bond motifs is 3. The molecule has 0 atom stereocenters. The molecule has 0 radical (unpaired) electrons. The van der Waals surface area contributed by atoms with Gasteiger partial charge < -0.3 is 10.6 Å². The summed E-state index contributed by atoms with van der Waals surface area (Å²) >= 11 is 6.02. The summed E-state index contributed by atoms with van der Waals surface area (Å²) in [5.41, 5.74) is 2.15. The van der Waals surface area contributed by atoms with Crippen molar-refractivity contribution in [3.63, 3.8) is 0 Å². The zero-order chi connectivity index (χ0) is 22.1. The lowest BCUT2D eigenvalue weighted by Gasteiger charge is -2.10. The van der Waals surface area contributed by atoms with Crippen molar-refractivity contribution < 1.29 is 4.79 Å². The molecule has 5 aromatic rings. The molecule has 5 rings (SSSR count). The Morgan fingerprint density at radius 1 is 0.938 bits per heavy atom. The Balaban J connectivity index is 1.28. The molecule has 0 aliphatic rings. The van der Waals surface area contributed by atoms with E-state index in [0.29, 0.717) is 40.2 Å². The van der Waals surface area contributed by atoms with E-state index in [2.05, 4.69) is 39.9 Å². The van der Waals surface area contributed by atoms with Crippen molar-refractivity contribution in [1.82, 2.24) is 14.7 Å². The fourth-order valence-electron chi connectivity index (χ4n) is 3.70. The van der Waals surface area contributed by atoms with Gasteiger partial charge in [-0.3, -0.25) is 14.0 Å². The summed E-state index contributed by atoms with van der Waals surface area (Å²) in [7, 11) is 0. The molecule has 0 aliphatic carbocycles. The summed E-state index contributed by atoms with van der Waals surface area (Å²) in [5.74, 6) is -0.259. The predicted octanol–water partition coefficient (Wildman–Crippen LogP) is 4.50. The molecule has 0 spiro atoms. The van der Waals surface area contributed by atoms with Crippen molar-refractivity contribution >= 4 is 50.5 Å². The Morgan fingerprint density at radius 3 is 2.66 bits per heavy atom. The van der Waals surface area contributed by atoms with E-state index in [1.165, 1.54) is 16.0 Å². The highest BCUT2D eigenvalue weighted by Crippen LogP contribution is 2.19. The van der Waals surface area contributed by atoms with Crippen LogP contribution in [-0.2, 0) is 0 Å². The Morgan fingerprint density at radius 2 is 1.78 bits per heavy atom. The quantitative estimate of drug-likeness (QED) is 0.310. The molecular weight excluding hydrogens is 424 g/mol.